The SMILES string of the molecule is Cn1nc(C(F)(F)F)cc1/C=C/CN. The van der Waals surface area contributed by atoms with E-state index in [-0.39, 0.29) is 6.54 Å². The van der Waals surface area contributed by atoms with Crippen molar-refractivity contribution in [2.45, 2.75) is 6.18 Å². The molecule has 78 valence electrons. The van der Waals surface area contributed by atoms with E-state index in [1.807, 2.05) is 0 Å². The fourth-order valence-corrected chi connectivity index (χ4v) is 0.965. The molecule has 0 saturated carbocycles. The van der Waals surface area contributed by atoms with Gasteiger partial charge in [0.05, 0.1) is 5.69 Å². The van der Waals surface area contributed by atoms with E-state index in [0.29, 0.717) is 5.69 Å². The molecule has 0 unspecified atom stereocenters. The first kappa shape index (κ1) is 10.8. The molecule has 0 amide bonds. The van der Waals surface area contributed by atoms with E-state index in [1.54, 1.807) is 6.08 Å². The fourth-order valence-electron chi connectivity index (χ4n) is 0.965. The molecule has 0 aliphatic carbocycles. The van der Waals surface area contributed by atoms with Crippen LogP contribution >= 0.6 is 0 Å². The van der Waals surface area contributed by atoms with Gasteiger partial charge in [0.2, 0.25) is 0 Å². The van der Waals surface area contributed by atoms with Crippen molar-refractivity contribution < 1.29 is 13.2 Å². The first-order valence-electron chi connectivity index (χ1n) is 3.93. The molecule has 0 aliphatic rings. The summed E-state index contributed by atoms with van der Waals surface area (Å²) >= 11 is 0. The topological polar surface area (TPSA) is 43.8 Å². The molecular weight excluding hydrogens is 195 g/mol. The molecule has 0 spiro atoms. The second kappa shape index (κ2) is 3.83. The Labute approximate surface area is 79.0 Å². The summed E-state index contributed by atoms with van der Waals surface area (Å²) in [7, 11) is 1.45. The standard InChI is InChI=1S/C8H10F3N3/c1-14-6(3-2-4-12)5-7(13-14)8(9,10)11/h2-3,5H,4,12H2,1H3/b3-2+. The molecule has 1 heterocycles. The number of hydrogen-bond donors (Lipinski definition) is 1. The van der Waals surface area contributed by atoms with Gasteiger partial charge in [-0.05, 0) is 12.1 Å². The van der Waals surface area contributed by atoms with Crippen molar-refractivity contribution in [3.63, 3.8) is 0 Å². The van der Waals surface area contributed by atoms with Crippen molar-refractivity contribution in [1.82, 2.24) is 9.78 Å². The summed E-state index contributed by atoms with van der Waals surface area (Å²) in [6.45, 7) is 0.284. The summed E-state index contributed by atoms with van der Waals surface area (Å²) in [6, 6.07) is 0.978. The molecule has 0 atom stereocenters. The zero-order valence-corrected chi connectivity index (χ0v) is 7.54. The number of hydrogen-bond acceptors (Lipinski definition) is 2. The Hall–Kier alpha value is -1.30. The van der Waals surface area contributed by atoms with E-state index in [9.17, 15) is 13.2 Å². The molecule has 1 rings (SSSR count). The lowest BCUT2D eigenvalue weighted by Crippen LogP contribution is -2.06. The monoisotopic (exact) mass is 205 g/mol. The Kier molecular flexibility index (Phi) is 2.95. The minimum absolute atomic E-state index is 0.284. The number of alkyl halides is 3. The van der Waals surface area contributed by atoms with Gasteiger partial charge in [0.15, 0.2) is 5.69 Å². The molecule has 3 nitrogen and oxygen atoms in total. The van der Waals surface area contributed by atoms with Gasteiger partial charge < -0.3 is 5.73 Å². The minimum Gasteiger partial charge on any atom is -0.327 e. The van der Waals surface area contributed by atoms with Crippen LogP contribution in [0.15, 0.2) is 12.1 Å². The van der Waals surface area contributed by atoms with Gasteiger partial charge in [0.1, 0.15) is 0 Å². The predicted molar refractivity (Wildman–Crippen MR) is 46.3 cm³/mol. The quantitative estimate of drug-likeness (QED) is 0.793. The van der Waals surface area contributed by atoms with E-state index < -0.39 is 11.9 Å². The van der Waals surface area contributed by atoms with Crippen molar-refractivity contribution in [2.24, 2.45) is 12.8 Å². The first-order chi connectivity index (χ1) is 6.45. The van der Waals surface area contributed by atoms with Crippen LogP contribution in [0, 0.1) is 0 Å². The average Bonchev–Trinajstić information content (AvgIpc) is 2.43. The maximum Gasteiger partial charge on any atom is 0.435 e. The van der Waals surface area contributed by atoms with Gasteiger partial charge in [-0.1, -0.05) is 6.08 Å². The van der Waals surface area contributed by atoms with Gasteiger partial charge in [-0.2, -0.15) is 18.3 Å². The molecule has 1 aromatic heterocycles. The van der Waals surface area contributed by atoms with E-state index in [4.69, 9.17) is 5.73 Å². The van der Waals surface area contributed by atoms with Crippen LogP contribution < -0.4 is 5.73 Å². The Bertz CT molecular complexity index is 338. The summed E-state index contributed by atoms with van der Waals surface area (Å²) in [5, 5.41) is 3.33. The van der Waals surface area contributed by atoms with Crippen molar-refractivity contribution in [3.05, 3.63) is 23.5 Å². The Morgan fingerprint density at radius 2 is 2.21 bits per heavy atom. The van der Waals surface area contributed by atoms with Crippen LogP contribution in [0.1, 0.15) is 11.4 Å². The maximum absolute atomic E-state index is 12.2. The maximum atomic E-state index is 12.2. The number of aromatic nitrogens is 2. The number of rotatable bonds is 2. The molecular formula is C8H10F3N3. The third kappa shape index (κ3) is 2.35. The normalized spacial score (nSPS) is 12.6. The van der Waals surface area contributed by atoms with E-state index in [2.05, 4.69) is 5.10 Å². The Morgan fingerprint density at radius 1 is 1.57 bits per heavy atom. The number of nitrogens with two attached hydrogens (primary N) is 1. The minimum atomic E-state index is -4.40. The molecule has 0 aliphatic heterocycles. The lowest BCUT2D eigenvalue weighted by molar-refractivity contribution is -0.141. The molecule has 0 radical (unpaired) electrons. The van der Waals surface area contributed by atoms with E-state index in [0.717, 1.165) is 10.7 Å². The van der Waals surface area contributed by atoms with Crippen LogP contribution in [-0.4, -0.2) is 16.3 Å². The Morgan fingerprint density at radius 3 is 2.64 bits per heavy atom. The van der Waals surface area contributed by atoms with Crippen molar-refractivity contribution in [1.29, 1.82) is 0 Å². The van der Waals surface area contributed by atoms with Crippen molar-refractivity contribution in [2.75, 3.05) is 6.54 Å². The summed E-state index contributed by atoms with van der Waals surface area (Å²) in [4.78, 5) is 0. The molecule has 0 saturated heterocycles. The van der Waals surface area contributed by atoms with Gasteiger partial charge in [-0.15, -0.1) is 0 Å². The molecule has 2 N–H and O–H groups in total. The molecule has 6 heteroatoms. The second-order valence-corrected chi connectivity index (χ2v) is 2.71. The number of aryl methyl sites for hydroxylation is 1. The van der Waals surface area contributed by atoms with Crippen LogP contribution in [0.2, 0.25) is 0 Å². The molecule has 0 bridgehead atoms. The summed E-state index contributed by atoms with van der Waals surface area (Å²) in [5.74, 6) is 0. The second-order valence-electron chi connectivity index (χ2n) is 2.71. The zero-order chi connectivity index (χ0) is 10.8. The third-order valence-corrected chi connectivity index (χ3v) is 1.63. The third-order valence-electron chi connectivity index (χ3n) is 1.63. The van der Waals surface area contributed by atoms with E-state index in [1.165, 1.54) is 13.1 Å². The van der Waals surface area contributed by atoms with Gasteiger partial charge >= 0.3 is 6.18 Å². The predicted octanol–water partition coefficient (Wildman–Crippen LogP) is 1.41. The molecule has 0 fully saturated rings. The fraction of sp³-hybridized carbons (Fsp3) is 0.375. The van der Waals surface area contributed by atoms with Crippen LogP contribution in [-0.2, 0) is 13.2 Å². The van der Waals surface area contributed by atoms with Crippen LogP contribution in [0.4, 0.5) is 13.2 Å². The molecule has 1 aromatic rings. The highest BCUT2D eigenvalue weighted by atomic mass is 19.4. The van der Waals surface area contributed by atoms with Crippen molar-refractivity contribution >= 4 is 6.08 Å². The van der Waals surface area contributed by atoms with Crippen molar-refractivity contribution in [3.8, 4) is 0 Å². The molecule has 14 heavy (non-hydrogen) atoms. The zero-order valence-electron chi connectivity index (χ0n) is 7.54. The van der Waals surface area contributed by atoms with Gasteiger partial charge in [0.25, 0.3) is 0 Å². The summed E-state index contributed by atoms with van der Waals surface area (Å²) < 4.78 is 37.7. The first-order valence-corrected chi connectivity index (χ1v) is 3.93. The van der Waals surface area contributed by atoms with Gasteiger partial charge in [-0.3, -0.25) is 4.68 Å². The lowest BCUT2D eigenvalue weighted by atomic mass is 10.3. The van der Waals surface area contributed by atoms with E-state index >= 15 is 0 Å². The Balaban J connectivity index is 2.99. The highest BCUT2D eigenvalue weighted by Gasteiger charge is 2.34. The van der Waals surface area contributed by atoms with Gasteiger partial charge in [0, 0.05) is 13.6 Å². The van der Waals surface area contributed by atoms with Crippen LogP contribution in [0.3, 0.4) is 0 Å². The smallest absolute Gasteiger partial charge is 0.327 e. The summed E-state index contributed by atoms with van der Waals surface area (Å²) in [5.41, 5.74) is 4.67. The number of nitrogens with zero attached hydrogens (tertiary/aromatic N) is 2. The lowest BCUT2D eigenvalue weighted by Gasteiger charge is -1.98. The van der Waals surface area contributed by atoms with Gasteiger partial charge in [-0.25, -0.2) is 0 Å². The largest absolute Gasteiger partial charge is 0.435 e. The highest BCUT2D eigenvalue weighted by molar-refractivity contribution is 5.45. The number of halogens is 3. The molecule has 0 aromatic carbocycles. The summed E-state index contributed by atoms with van der Waals surface area (Å²) in [6.07, 6.45) is -1.33. The average molecular weight is 205 g/mol. The van der Waals surface area contributed by atoms with Crippen LogP contribution in [0.5, 0.6) is 0 Å². The highest BCUT2D eigenvalue weighted by Crippen LogP contribution is 2.28. The van der Waals surface area contributed by atoms with Crippen LogP contribution in [0.25, 0.3) is 6.08 Å².